The summed E-state index contributed by atoms with van der Waals surface area (Å²) in [5.41, 5.74) is 1.53. The number of halogens is 2. The number of aryl methyl sites for hydroxylation is 1. The Hall–Kier alpha value is -1.91. The Morgan fingerprint density at radius 1 is 1.24 bits per heavy atom. The van der Waals surface area contributed by atoms with E-state index in [1.165, 1.54) is 12.1 Å². The van der Waals surface area contributed by atoms with Crippen LogP contribution in [0.3, 0.4) is 0 Å². The molecule has 0 aliphatic rings. The molecule has 0 amide bonds. The van der Waals surface area contributed by atoms with Crippen molar-refractivity contribution in [2.45, 2.75) is 6.42 Å². The van der Waals surface area contributed by atoms with Crippen molar-refractivity contribution in [3.63, 3.8) is 0 Å². The van der Waals surface area contributed by atoms with Gasteiger partial charge in [-0.25, -0.2) is 8.78 Å². The predicted octanol–water partition coefficient (Wildman–Crippen LogP) is 2.35. The summed E-state index contributed by atoms with van der Waals surface area (Å²) in [4.78, 5) is 0. The van der Waals surface area contributed by atoms with Gasteiger partial charge in [-0.2, -0.15) is 5.10 Å². The van der Waals surface area contributed by atoms with E-state index in [2.05, 4.69) is 10.4 Å². The summed E-state index contributed by atoms with van der Waals surface area (Å²) in [6, 6.07) is 3.39. The second-order valence-electron chi connectivity index (χ2n) is 3.86. The highest BCUT2D eigenvalue weighted by molar-refractivity contribution is 5.43. The molecule has 0 saturated heterocycles. The number of nitrogens with zero attached hydrogens (tertiary/aromatic N) is 2. The number of aromatic nitrogens is 2. The molecule has 1 heterocycles. The molecule has 3 nitrogen and oxygen atoms in total. The minimum Gasteiger partial charge on any atom is -0.385 e. The molecule has 0 radical (unpaired) electrons. The van der Waals surface area contributed by atoms with Crippen molar-refractivity contribution < 1.29 is 8.78 Å². The Labute approximate surface area is 98.1 Å². The lowest BCUT2D eigenvalue weighted by atomic mass is 10.2. The van der Waals surface area contributed by atoms with Gasteiger partial charge in [0.1, 0.15) is 11.6 Å². The second-order valence-corrected chi connectivity index (χ2v) is 3.86. The van der Waals surface area contributed by atoms with E-state index < -0.39 is 11.6 Å². The van der Waals surface area contributed by atoms with E-state index in [0.717, 1.165) is 18.1 Å². The summed E-state index contributed by atoms with van der Waals surface area (Å²) in [7, 11) is 1.85. The zero-order valence-corrected chi connectivity index (χ0v) is 9.45. The predicted molar refractivity (Wildman–Crippen MR) is 61.8 cm³/mol. The summed E-state index contributed by atoms with van der Waals surface area (Å²) < 4.78 is 27.5. The first-order chi connectivity index (χ1) is 8.13. The quantitative estimate of drug-likeness (QED) is 0.884. The monoisotopic (exact) mass is 237 g/mol. The van der Waals surface area contributed by atoms with E-state index >= 15 is 0 Å². The molecule has 2 rings (SSSR count). The largest absolute Gasteiger partial charge is 0.385 e. The molecular formula is C12H13F2N3. The van der Waals surface area contributed by atoms with Gasteiger partial charge in [-0.15, -0.1) is 0 Å². The van der Waals surface area contributed by atoms with Gasteiger partial charge in [0.2, 0.25) is 0 Å². The Morgan fingerprint density at radius 2 is 1.94 bits per heavy atom. The first-order valence-electron chi connectivity index (χ1n) is 5.31. The van der Waals surface area contributed by atoms with Crippen molar-refractivity contribution in [1.82, 2.24) is 9.78 Å². The summed E-state index contributed by atoms with van der Waals surface area (Å²) in [5.74, 6) is -1.15. The highest BCUT2D eigenvalue weighted by Crippen LogP contribution is 2.12. The van der Waals surface area contributed by atoms with Crippen molar-refractivity contribution >= 4 is 5.69 Å². The lowest BCUT2D eigenvalue weighted by molar-refractivity contribution is 0.584. The smallest absolute Gasteiger partial charge is 0.128 e. The minimum atomic E-state index is -0.575. The fourth-order valence-corrected chi connectivity index (χ4v) is 1.61. The fraction of sp³-hybridized carbons (Fsp3) is 0.250. The first-order valence-corrected chi connectivity index (χ1v) is 5.31. The molecule has 0 atom stereocenters. The van der Waals surface area contributed by atoms with Gasteiger partial charge in [0.05, 0.1) is 6.20 Å². The van der Waals surface area contributed by atoms with Crippen LogP contribution in [0.25, 0.3) is 0 Å². The van der Waals surface area contributed by atoms with Crippen LogP contribution in [0.15, 0.2) is 30.6 Å². The molecule has 90 valence electrons. The summed E-state index contributed by atoms with van der Waals surface area (Å²) in [6.07, 6.45) is 4.44. The number of rotatable bonds is 4. The highest BCUT2D eigenvalue weighted by Gasteiger charge is 2.00. The molecular weight excluding hydrogens is 224 g/mol. The van der Waals surface area contributed by atoms with Crippen LogP contribution in [0.5, 0.6) is 0 Å². The maximum Gasteiger partial charge on any atom is 0.128 e. The van der Waals surface area contributed by atoms with E-state index in [4.69, 9.17) is 0 Å². The zero-order chi connectivity index (χ0) is 12.3. The molecule has 1 aromatic carbocycles. The van der Waals surface area contributed by atoms with Gasteiger partial charge in [-0.1, -0.05) is 0 Å². The molecule has 5 heteroatoms. The molecule has 0 aliphatic carbocycles. The SMILES string of the molecule is Cn1cc(CCNc2cc(F)cc(F)c2)cn1. The summed E-state index contributed by atoms with van der Waals surface area (Å²) >= 11 is 0. The molecule has 2 aromatic rings. The van der Waals surface area contributed by atoms with Crippen LogP contribution in [0.2, 0.25) is 0 Å². The second kappa shape index (κ2) is 4.95. The lowest BCUT2D eigenvalue weighted by Crippen LogP contribution is -2.05. The third-order valence-corrected chi connectivity index (χ3v) is 2.36. The van der Waals surface area contributed by atoms with Gasteiger partial charge in [-0.3, -0.25) is 4.68 Å². The van der Waals surface area contributed by atoms with Crippen LogP contribution in [0, 0.1) is 11.6 Å². The van der Waals surface area contributed by atoms with Crippen molar-refractivity contribution in [3.05, 3.63) is 47.8 Å². The third-order valence-electron chi connectivity index (χ3n) is 2.36. The van der Waals surface area contributed by atoms with E-state index in [-0.39, 0.29) is 0 Å². The Bertz CT molecular complexity index is 488. The Balaban J connectivity index is 1.89. The molecule has 1 N–H and O–H groups in total. The number of hydrogen-bond donors (Lipinski definition) is 1. The standard InChI is InChI=1S/C12H13F2N3/c1-17-8-9(7-16-17)2-3-15-12-5-10(13)4-11(14)6-12/h4-8,15H,2-3H2,1H3. The topological polar surface area (TPSA) is 29.9 Å². The average Bonchev–Trinajstić information content (AvgIpc) is 2.63. The minimum absolute atomic E-state index is 0.450. The number of nitrogens with one attached hydrogen (secondary N) is 1. The molecule has 0 saturated carbocycles. The van der Waals surface area contributed by atoms with Gasteiger partial charge < -0.3 is 5.32 Å². The summed E-state index contributed by atoms with van der Waals surface area (Å²) in [5, 5.41) is 7.01. The number of benzene rings is 1. The molecule has 0 bridgehead atoms. The zero-order valence-electron chi connectivity index (χ0n) is 9.45. The Kier molecular flexibility index (Phi) is 3.37. The van der Waals surface area contributed by atoms with E-state index in [1.807, 2.05) is 13.2 Å². The number of anilines is 1. The van der Waals surface area contributed by atoms with Gasteiger partial charge in [0.25, 0.3) is 0 Å². The van der Waals surface area contributed by atoms with Crippen LogP contribution in [-0.4, -0.2) is 16.3 Å². The fourth-order valence-electron chi connectivity index (χ4n) is 1.61. The molecule has 0 unspecified atom stereocenters. The van der Waals surface area contributed by atoms with E-state index in [9.17, 15) is 8.78 Å². The third kappa shape index (κ3) is 3.27. The molecule has 17 heavy (non-hydrogen) atoms. The van der Waals surface area contributed by atoms with Gasteiger partial charge in [0.15, 0.2) is 0 Å². The molecule has 0 aliphatic heterocycles. The van der Waals surface area contributed by atoms with Crippen LogP contribution in [0.1, 0.15) is 5.56 Å². The normalized spacial score (nSPS) is 10.5. The first kappa shape index (κ1) is 11.6. The van der Waals surface area contributed by atoms with Crippen LogP contribution >= 0.6 is 0 Å². The molecule has 0 spiro atoms. The van der Waals surface area contributed by atoms with E-state index in [1.54, 1.807) is 10.9 Å². The summed E-state index contributed by atoms with van der Waals surface area (Å²) in [6.45, 7) is 0.606. The van der Waals surface area contributed by atoms with Gasteiger partial charge >= 0.3 is 0 Å². The Morgan fingerprint density at radius 3 is 2.53 bits per heavy atom. The average molecular weight is 237 g/mol. The van der Waals surface area contributed by atoms with Crippen molar-refractivity contribution in [1.29, 1.82) is 0 Å². The van der Waals surface area contributed by atoms with Crippen LogP contribution < -0.4 is 5.32 Å². The molecule has 1 aromatic heterocycles. The van der Waals surface area contributed by atoms with Gasteiger partial charge in [0, 0.05) is 31.5 Å². The molecule has 0 fully saturated rings. The van der Waals surface area contributed by atoms with Crippen LogP contribution in [0.4, 0.5) is 14.5 Å². The van der Waals surface area contributed by atoms with Crippen molar-refractivity contribution in [2.24, 2.45) is 7.05 Å². The van der Waals surface area contributed by atoms with E-state index in [0.29, 0.717) is 12.2 Å². The van der Waals surface area contributed by atoms with Gasteiger partial charge in [-0.05, 0) is 24.1 Å². The maximum absolute atomic E-state index is 12.9. The highest BCUT2D eigenvalue weighted by atomic mass is 19.1. The van der Waals surface area contributed by atoms with Crippen molar-refractivity contribution in [2.75, 3.05) is 11.9 Å². The maximum atomic E-state index is 12.9. The number of hydrogen-bond acceptors (Lipinski definition) is 2. The lowest BCUT2D eigenvalue weighted by Gasteiger charge is -2.05. The van der Waals surface area contributed by atoms with Crippen molar-refractivity contribution in [3.8, 4) is 0 Å². The van der Waals surface area contributed by atoms with Crippen LogP contribution in [-0.2, 0) is 13.5 Å².